The average Bonchev–Trinajstić information content (AvgIpc) is 3.26. The minimum atomic E-state index is -3.75. The number of para-hydroxylation sites is 1. The summed E-state index contributed by atoms with van der Waals surface area (Å²) in [6.07, 6.45) is 1.81. The lowest BCUT2D eigenvalue weighted by atomic mass is 10.1. The van der Waals surface area contributed by atoms with Crippen LogP contribution in [0.25, 0.3) is 10.7 Å². The molecule has 0 aliphatic heterocycles. The molecule has 1 amide bonds. The minimum Gasteiger partial charge on any atom is -0.326 e. The summed E-state index contributed by atoms with van der Waals surface area (Å²) in [7, 11) is -3.75. The minimum absolute atomic E-state index is 0.109. The maximum absolute atomic E-state index is 12.8. The number of hydrogen-bond acceptors (Lipinski definition) is 6. The van der Waals surface area contributed by atoms with Crippen molar-refractivity contribution in [3.8, 4) is 10.7 Å². The lowest BCUT2D eigenvalue weighted by Crippen LogP contribution is -2.16. The Bertz CT molecular complexity index is 1360. The molecule has 0 saturated carbocycles. The second-order valence-corrected chi connectivity index (χ2v) is 10.0. The monoisotopic (exact) mass is 478 g/mol. The topological polar surface area (TPSA) is 101 Å². The van der Waals surface area contributed by atoms with Crippen LogP contribution in [-0.2, 0) is 21.2 Å². The molecule has 0 atom stereocenters. The fourth-order valence-electron chi connectivity index (χ4n) is 3.25. The van der Waals surface area contributed by atoms with Crippen LogP contribution in [0.3, 0.4) is 0 Å². The fourth-order valence-corrected chi connectivity index (χ4v) is 5.25. The highest BCUT2D eigenvalue weighted by molar-refractivity contribution is 7.92. The normalized spacial score (nSPS) is 11.2. The lowest BCUT2D eigenvalue weighted by Gasteiger charge is -2.13. The lowest BCUT2D eigenvalue weighted by molar-refractivity contribution is -0.115. The van der Waals surface area contributed by atoms with Crippen molar-refractivity contribution in [1.82, 2.24) is 9.97 Å². The number of rotatable bonds is 7. The van der Waals surface area contributed by atoms with Gasteiger partial charge in [0, 0.05) is 17.3 Å². The molecule has 0 saturated heterocycles. The van der Waals surface area contributed by atoms with Crippen LogP contribution < -0.4 is 10.0 Å². The second kappa shape index (κ2) is 9.51. The average molecular weight is 479 g/mol. The number of nitrogens with zero attached hydrogens (tertiary/aromatic N) is 2. The van der Waals surface area contributed by atoms with Crippen molar-refractivity contribution in [3.63, 3.8) is 0 Å². The van der Waals surface area contributed by atoms with E-state index in [1.54, 1.807) is 18.3 Å². The van der Waals surface area contributed by atoms with Crippen LogP contribution in [0.4, 0.5) is 11.4 Å². The Morgan fingerprint density at radius 3 is 2.36 bits per heavy atom. The smallest absolute Gasteiger partial charge is 0.261 e. The molecule has 2 aromatic carbocycles. The predicted molar refractivity (Wildman–Crippen MR) is 131 cm³/mol. The largest absolute Gasteiger partial charge is 0.326 e. The van der Waals surface area contributed by atoms with Crippen molar-refractivity contribution >= 4 is 38.6 Å². The van der Waals surface area contributed by atoms with Gasteiger partial charge in [-0.15, -0.1) is 11.3 Å². The molecule has 7 nitrogen and oxygen atoms in total. The molecule has 0 radical (unpaired) electrons. The standard InChI is InChI=1S/C24H22N4O3S2/c1-16-6-5-7-17(2)23(16)28-33(30,31)20-11-9-18(10-12-20)26-22(29)14-19-15-32-24(27-19)21-8-3-4-13-25-21/h3-13,15,28H,14H2,1-2H3,(H,26,29). The molecular formula is C24H22N4O3S2. The summed E-state index contributed by atoms with van der Waals surface area (Å²) in [4.78, 5) is 21.3. The van der Waals surface area contributed by atoms with E-state index in [-0.39, 0.29) is 17.2 Å². The maximum atomic E-state index is 12.8. The molecule has 4 aromatic rings. The van der Waals surface area contributed by atoms with E-state index in [2.05, 4.69) is 20.0 Å². The molecular weight excluding hydrogens is 456 g/mol. The maximum Gasteiger partial charge on any atom is 0.261 e. The summed E-state index contributed by atoms with van der Waals surface area (Å²) in [5.74, 6) is -0.239. The first kappa shape index (κ1) is 22.6. The summed E-state index contributed by atoms with van der Waals surface area (Å²) in [6, 6.07) is 17.2. The molecule has 168 valence electrons. The van der Waals surface area contributed by atoms with Gasteiger partial charge in [-0.1, -0.05) is 24.3 Å². The van der Waals surface area contributed by atoms with Crippen molar-refractivity contribution in [2.75, 3.05) is 10.0 Å². The molecule has 0 unspecified atom stereocenters. The van der Waals surface area contributed by atoms with Crippen LogP contribution in [0, 0.1) is 13.8 Å². The van der Waals surface area contributed by atoms with Gasteiger partial charge in [-0.2, -0.15) is 0 Å². The number of aryl methyl sites for hydroxylation is 2. The van der Waals surface area contributed by atoms with Crippen molar-refractivity contribution in [1.29, 1.82) is 0 Å². The first-order valence-corrected chi connectivity index (χ1v) is 12.5. The number of carbonyl (C=O) groups excluding carboxylic acids is 1. The van der Waals surface area contributed by atoms with Crippen LogP contribution in [0.2, 0.25) is 0 Å². The van der Waals surface area contributed by atoms with E-state index in [1.807, 2.05) is 55.6 Å². The highest BCUT2D eigenvalue weighted by Crippen LogP contribution is 2.25. The Labute approximate surface area is 196 Å². The van der Waals surface area contributed by atoms with Crippen molar-refractivity contribution in [3.05, 3.63) is 89.1 Å². The zero-order valence-corrected chi connectivity index (χ0v) is 19.7. The molecule has 2 heterocycles. The van der Waals surface area contributed by atoms with Gasteiger partial charge >= 0.3 is 0 Å². The number of benzene rings is 2. The van der Waals surface area contributed by atoms with Crippen molar-refractivity contribution in [2.24, 2.45) is 0 Å². The van der Waals surface area contributed by atoms with E-state index in [9.17, 15) is 13.2 Å². The molecule has 9 heteroatoms. The molecule has 4 rings (SSSR count). The van der Waals surface area contributed by atoms with Gasteiger partial charge in [0.2, 0.25) is 5.91 Å². The van der Waals surface area contributed by atoms with Crippen LogP contribution in [0.15, 0.2) is 77.1 Å². The number of pyridine rings is 1. The van der Waals surface area contributed by atoms with Gasteiger partial charge < -0.3 is 5.32 Å². The zero-order valence-electron chi connectivity index (χ0n) is 18.1. The number of hydrogen-bond donors (Lipinski definition) is 2. The Kier molecular flexibility index (Phi) is 6.52. The Morgan fingerprint density at radius 1 is 0.970 bits per heavy atom. The van der Waals surface area contributed by atoms with Crippen LogP contribution in [0.1, 0.15) is 16.8 Å². The number of nitrogens with one attached hydrogen (secondary N) is 2. The van der Waals surface area contributed by atoms with Crippen LogP contribution in [-0.4, -0.2) is 24.3 Å². The van der Waals surface area contributed by atoms with E-state index in [4.69, 9.17) is 0 Å². The van der Waals surface area contributed by atoms with E-state index in [0.29, 0.717) is 17.1 Å². The third kappa shape index (κ3) is 5.44. The first-order chi connectivity index (χ1) is 15.8. The van der Waals surface area contributed by atoms with Gasteiger partial charge in [0.25, 0.3) is 10.0 Å². The van der Waals surface area contributed by atoms with Crippen molar-refractivity contribution in [2.45, 2.75) is 25.2 Å². The van der Waals surface area contributed by atoms with Gasteiger partial charge in [-0.3, -0.25) is 14.5 Å². The SMILES string of the molecule is Cc1cccc(C)c1NS(=O)(=O)c1ccc(NC(=O)Cc2csc(-c3ccccn3)n2)cc1. The number of sulfonamides is 1. The van der Waals surface area contributed by atoms with E-state index < -0.39 is 10.0 Å². The van der Waals surface area contributed by atoms with E-state index in [1.165, 1.54) is 23.5 Å². The van der Waals surface area contributed by atoms with Crippen molar-refractivity contribution < 1.29 is 13.2 Å². The third-order valence-corrected chi connectivity index (χ3v) is 7.22. The van der Waals surface area contributed by atoms with Gasteiger partial charge in [0.15, 0.2) is 0 Å². The molecule has 2 N–H and O–H groups in total. The quantitative estimate of drug-likeness (QED) is 0.397. The highest BCUT2D eigenvalue weighted by atomic mass is 32.2. The van der Waals surface area contributed by atoms with E-state index >= 15 is 0 Å². The Hall–Kier alpha value is -3.56. The highest BCUT2D eigenvalue weighted by Gasteiger charge is 2.17. The second-order valence-electron chi connectivity index (χ2n) is 7.48. The number of carbonyl (C=O) groups is 1. The predicted octanol–water partition coefficient (Wildman–Crippen LogP) is 4.80. The molecule has 33 heavy (non-hydrogen) atoms. The number of anilines is 2. The van der Waals surface area contributed by atoms with Crippen LogP contribution in [0.5, 0.6) is 0 Å². The summed E-state index contributed by atoms with van der Waals surface area (Å²) in [5, 5.41) is 5.37. The third-order valence-electron chi connectivity index (χ3n) is 4.94. The first-order valence-electron chi connectivity index (χ1n) is 10.2. The molecule has 0 aliphatic carbocycles. The molecule has 0 spiro atoms. The molecule has 0 fully saturated rings. The van der Waals surface area contributed by atoms with Gasteiger partial charge in [-0.05, 0) is 61.4 Å². The zero-order chi connectivity index (χ0) is 23.4. The number of thiazole rings is 1. The Balaban J connectivity index is 1.40. The van der Waals surface area contributed by atoms with Crippen LogP contribution >= 0.6 is 11.3 Å². The van der Waals surface area contributed by atoms with Gasteiger partial charge in [0.1, 0.15) is 5.01 Å². The molecule has 0 bridgehead atoms. The summed E-state index contributed by atoms with van der Waals surface area (Å²) in [5.41, 5.74) is 4.18. The number of amides is 1. The summed E-state index contributed by atoms with van der Waals surface area (Å²) >= 11 is 1.43. The van der Waals surface area contributed by atoms with Gasteiger partial charge in [0.05, 0.1) is 28.4 Å². The summed E-state index contributed by atoms with van der Waals surface area (Å²) < 4.78 is 28.2. The molecule has 2 aromatic heterocycles. The molecule has 0 aliphatic rings. The Morgan fingerprint density at radius 2 is 1.70 bits per heavy atom. The number of aromatic nitrogens is 2. The van der Waals surface area contributed by atoms with Gasteiger partial charge in [-0.25, -0.2) is 13.4 Å². The summed E-state index contributed by atoms with van der Waals surface area (Å²) in [6.45, 7) is 3.70. The van der Waals surface area contributed by atoms with E-state index in [0.717, 1.165) is 21.8 Å². The fraction of sp³-hybridized carbons (Fsp3) is 0.125.